The van der Waals surface area contributed by atoms with Crippen molar-refractivity contribution in [1.82, 2.24) is 4.72 Å². The van der Waals surface area contributed by atoms with Gasteiger partial charge in [-0.1, -0.05) is 31.2 Å². The Bertz CT molecular complexity index is 593. The fourth-order valence-corrected chi connectivity index (χ4v) is 3.09. The highest BCUT2D eigenvalue weighted by Crippen LogP contribution is 2.16. The molecule has 0 spiro atoms. The van der Waals surface area contributed by atoms with Crippen molar-refractivity contribution in [3.8, 4) is 0 Å². The third-order valence-corrected chi connectivity index (χ3v) is 4.32. The monoisotopic (exact) mass is 297 g/mol. The van der Waals surface area contributed by atoms with Gasteiger partial charge in [0.15, 0.2) is 0 Å². The number of nitrogens with one attached hydrogen (secondary N) is 1. The molecular weight excluding hydrogens is 278 g/mol. The van der Waals surface area contributed by atoms with Crippen LogP contribution in [0.3, 0.4) is 0 Å². The number of rotatable bonds is 7. The number of carboxylic acid groups (broad SMARTS) is 1. The maximum absolute atomic E-state index is 11.7. The van der Waals surface area contributed by atoms with Crippen molar-refractivity contribution < 1.29 is 18.3 Å². The maximum atomic E-state index is 11.7. The molecule has 6 heteroatoms. The number of sulfonamides is 1. The molecule has 1 aromatic carbocycles. The molecule has 0 fully saturated rings. The summed E-state index contributed by atoms with van der Waals surface area (Å²) in [5.41, 5.74) is 1.50. The minimum atomic E-state index is -3.28. The molecule has 1 aromatic rings. The predicted octanol–water partition coefficient (Wildman–Crippen LogP) is 2.17. The summed E-state index contributed by atoms with van der Waals surface area (Å²) in [6.07, 6.45) is 3.08. The van der Waals surface area contributed by atoms with Gasteiger partial charge in [0.25, 0.3) is 0 Å². The average Bonchev–Trinajstić information content (AvgIpc) is 2.36. The smallest absolute Gasteiger partial charge is 0.328 e. The Labute approximate surface area is 119 Å². The molecule has 0 radical (unpaired) electrons. The lowest BCUT2D eigenvalue weighted by atomic mass is 10.1. The van der Waals surface area contributed by atoms with Gasteiger partial charge in [-0.25, -0.2) is 17.9 Å². The minimum Gasteiger partial charge on any atom is -0.478 e. The number of aliphatic carboxylic acids is 1. The largest absolute Gasteiger partial charge is 0.478 e. The summed E-state index contributed by atoms with van der Waals surface area (Å²) in [4.78, 5) is 10.5. The van der Waals surface area contributed by atoms with Gasteiger partial charge in [-0.3, -0.25) is 0 Å². The van der Waals surface area contributed by atoms with Crippen molar-refractivity contribution >= 4 is 22.1 Å². The molecule has 0 aliphatic heterocycles. The molecule has 20 heavy (non-hydrogen) atoms. The normalized spacial score (nSPS) is 13.5. The lowest BCUT2D eigenvalue weighted by Gasteiger charge is -2.14. The van der Waals surface area contributed by atoms with E-state index in [-0.39, 0.29) is 11.8 Å². The highest BCUT2D eigenvalue weighted by Gasteiger charge is 2.14. The molecule has 1 atom stereocenters. The summed E-state index contributed by atoms with van der Waals surface area (Å²) < 4.78 is 26.0. The van der Waals surface area contributed by atoms with Gasteiger partial charge in [0.2, 0.25) is 10.0 Å². The quantitative estimate of drug-likeness (QED) is 0.756. The van der Waals surface area contributed by atoms with E-state index in [2.05, 4.69) is 4.72 Å². The van der Waals surface area contributed by atoms with E-state index in [9.17, 15) is 13.2 Å². The molecule has 5 nitrogen and oxygen atoms in total. The summed E-state index contributed by atoms with van der Waals surface area (Å²) in [5.74, 6) is -0.928. The Balaban J connectivity index is 2.86. The van der Waals surface area contributed by atoms with E-state index in [0.717, 1.165) is 11.6 Å². The first kappa shape index (κ1) is 16.4. The lowest BCUT2D eigenvalue weighted by molar-refractivity contribution is -0.131. The van der Waals surface area contributed by atoms with Crippen molar-refractivity contribution in [3.63, 3.8) is 0 Å². The summed E-state index contributed by atoms with van der Waals surface area (Å²) >= 11 is 0. The van der Waals surface area contributed by atoms with Gasteiger partial charge >= 0.3 is 5.97 Å². The van der Waals surface area contributed by atoms with Gasteiger partial charge in [0.1, 0.15) is 0 Å². The Morgan fingerprint density at radius 3 is 2.75 bits per heavy atom. The fourth-order valence-electron chi connectivity index (χ4n) is 1.76. The molecule has 0 heterocycles. The van der Waals surface area contributed by atoms with Crippen LogP contribution in [0.1, 0.15) is 37.4 Å². The van der Waals surface area contributed by atoms with Crippen LogP contribution in [-0.2, 0) is 14.8 Å². The average molecular weight is 297 g/mol. The third kappa shape index (κ3) is 5.54. The van der Waals surface area contributed by atoms with Crippen LogP contribution in [0, 0.1) is 0 Å². The van der Waals surface area contributed by atoms with E-state index in [1.807, 2.05) is 0 Å². The third-order valence-electron chi connectivity index (χ3n) is 2.66. The van der Waals surface area contributed by atoms with E-state index in [0.29, 0.717) is 12.0 Å². The highest BCUT2D eigenvalue weighted by atomic mass is 32.2. The Morgan fingerprint density at radius 1 is 1.45 bits per heavy atom. The summed E-state index contributed by atoms with van der Waals surface area (Å²) in [5, 5.41) is 8.59. The van der Waals surface area contributed by atoms with Crippen molar-refractivity contribution in [2.45, 2.75) is 26.3 Å². The van der Waals surface area contributed by atoms with Crippen LogP contribution < -0.4 is 4.72 Å². The van der Waals surface area contributed by atoms with Gasteiger partial charge in [-0.2, -0.15) is 0 Å². The van der Waals surface area contributed by atoms with Gasteiger partial charge in [-0.05, 0) is 30.5 Å². The lowest BCUT2D eigenvalue weighted by Crippen LogP contribution is -2.28. The first-order chi connectivity index (χ1) is 9.34. The summed E-state index contributed by atoms with van der Waals surface area (Å²) in [6.45, 7) is 3.56. The van der Waals surface area contributed by atoms with Crippen molar-refractivity contribution in [2.75, 3.05) is 5.75 Å². The fraction of sp³-hybridized carbons (Fsp3) is 0.357. The van der Waals surface area contributed by atoms with Crippen LogP contribution in [-0.4, -0.2) is 25.2 Å². The van der Waals surface area contributed by atoms with Gasteiger partial charge < -0.3 is 5.11 Å². The second kappa shape index (κ2) is 7.21. The van der Waals surface area contributed by atoms with E-state index in [1.165, 1.54) is 6.08 Å². The minimum absolute atomic E-state index is 0.0932. The second-order valence-corrected chi connectivity index (χ2v) is 6.37. The molecule has 1 rings (SSSR count). The van der Waals surface area contributed by atoms with E-state index >= 15 is 0 Å². The molecule has 0 aliphatic carbocycles. The zero-order valence-electron chi connectivity index (χ0n) is 11.5. The molecular formula is C14H19NO4S. The number of carbonyl (C=O) groups is 1. The number of hydrogen-bond acceptors (Lipinski definition) is 3. The van der Waals surface area contributed by atoms with Gasteiger partial charge in [0, 0.05) is 12.1 Å². The van der Waals surface area contributed by atoms with Gasteiger partial charge in [0.05, 0.1) is 5.75 Å². The summed E-state index contributed by atoms with van der Waals surface area (Å²) in [6, 6.07) is 6.73. The molecule has 2 N–H and O–H groups in total. The van der Waals surface area contributed by atoms with Crippen molar-refractivity contribution in [3.05, 3.63) is 41.5 Å². The first-order valence-electron chi connectivity index (χ1n) is 6.35. The van der Waals surface area contributed by atoms with E-state index in [1.54, 1.807) is 38.1 Å². The molecule has 0 saturated heterocycles. The maximum Gasteiger partial charge on any atom is 0.328 e. The molecule has 0 saturated carbocycles. The number of benzene rings is 1. The molecule has 0 bridgehead atoms. The van der Waals surface area contributed by atoms with Crippen LogP contribution in [0.15, 0.2) is 30.3 Å². The molecule has 1 unspecified atom stereocenters. The van der Waals surface area contributed by atoms with E-state index in [4.69, 9.17) is 5.11 Å². The molecule has 110 valence electrons. The summed E-state index contributed by atoms with van der Waals surface area (Å²) in [7, 11) is -3.28. The zero-order chi connectivity index (χ0) is 15.2. The number of carboxylic acids is 1. The van der Waals surface area contributed by atoms with Crippen molar-refractivity contribution in [2.24, 2.45) is 0 Å². The highest BCUT2D eigenvalue weighted by molar-refractivity contribution is 7.89. The van der Waals surface area contributed by atoms with Crippen LogP contribution >= 0.6 is 0 Å². The predicted molar refractivity (Wildman–Crippen MR) is 78.7 cm³/mol. The molecule has 0 aromatic heterocycles. The Hall–Kier alpha value is -1.66. The first-order valence-corrected chi connectivity index (χ1v) is 8.00. The van der Waals surface area contributed by atoms with Crippen LogP contribution in [0.25, 0.3) is 6.08 Å². The molecule has 0 aliphatic rings. The molecule has 0 amide bonds. The standard InChI is InChI=1S/C14H19NO4S/c1-3-9-20(18,19)15-11(2)13-6-4-5-12(10-13)7-8-14(16)17/h4-8,10-11,15H,3,9H2,1-2H3,(H,16,17). The Kier molecular flexibility index (Phi) is 5.91. The Morgan fingerprint density at radius 2 is 2.15 bits per heavy atom. The zero-order valence-corrected chi connectivity index (χ0v) is 12.4. The van der Waals surface area contributed by atoms with Crippen LogP contribution in [0.5, 0.6) is 0 Å². The topological polar surface area (TPSA) is 83.5 Å². The van der Waals surface area contributed by atoms with Gasteiger partial charge in [-0.15, -0.1) is 0 Å². The second-order valence-electron chi connectivity index (χ2n) is 4.50. The van der Waals surface area contributed by atoms with Crippen LogP contribution in [0.2, 0.25) is 0 Å². The SMILES string of the molecule is CCCS(=O)(=O)NC(C)c1cccc(C=CC(=O)O)c1. The van der Waals surface area contributed by atoms with Crippen molar-refractivity contribution in [1.29, 1.82) is 0 Å². The number of hydrogen-bond donors (Lipinski definition) is 2. The van der Waals surface area contributed by atoms with E-state index < -0.39 is 16.0 Å². The van der Waals surface area contributed by atoms with Crippen LogP contribution in [0.4, 0.5) is 0 Å².